The number of amides is 3. The average molecular weight is 318 g/mol. The Labute approximate surface area is 135 Å². The van der Waals surface area contributed by atoms with Crippen LogP contribution in [0.4, 0.5) is 10.5 Å². The van der Waals surface area contributed by atoms with Crippen molar-refractivity contribution in [3.8, 4) is 0 Å². The van der Waals surface area contributed by atoms with Crippen molar-refractivity contribution in [2.45, 2.75) is 25.9 Å². The SMILES string of the molecule is CN1CC(CCNC(=O)Nc2cnc3c(c2)COCC3)CC1=O. The zero-order chi connectivity index (χ0) is 16.2. The van der Waals surface area contributed by atoms with Crippen molar-refractivity contribution < 1.29 is 14.3 Å². The summed E-state index contributed by atoms with van der Waals surface area (Å²) in [6.45, 7) is 2.57. The Morgan fingerprint density at radius 3 is 3.17 bits per heavy atom. The Morgan fingerprint density at radius 1 is 1.52 bits per heavy atom. The predicted octanol–water partition coefficient (Wildman–Crippen LogP) is 1.14. The van der Waals surface area contributed by atoms with Gasteiger partial charge in [0.25, 0.3) is 0 Å². The van der Waals surface area contributed by atoms with Crippen molar-refractivity contribution in [2.24, 2.45) is 5.92 Å². The first-order chi connectivity index (χ1) is 11.1. The minimum Gasteiger partial charge on any atom is -0.376 e. The van der Waals surface area contributed by atoms with Crippen molar-refractivity contribution >= 4 is 17.6 Å². The molecule has 3 amide bonds. The van der Waals surface area contributed by atoms with E-state index in [4.69, 9.17) is 4.74 Å². The van der Waals surface area contributed by atoms with Crippen LogP contribution in [0.15, 0.2) is 12.3 Å². The summed E-state index contributed by atoms with van der Waals surface area (Å²) < 4.78 is 5.40. The molecule has 3 heterocycles. The molecule has 2 aliphatic rings. The summed E-state index contributed by atoms with van der Waals surface area (Å²) in [6.07, 6.45) is 3.87. The van der Waals surface area contributed by atoms with Crippen LogP contribution < -0.4 is 10.6 Å². The second kappa shape index (κ2) is 6.95. The lowest BCUT2D eigenvalue weighted by atomic mass is 10.1. The summed E-state index contributed by atoms with van der Waals surface area (Å²) in [4.78, 5) is 29.5. The second-order valence-electron chi connectivity index (χ2n) is 6.15. The van der Waals surface area contributed by atoms with Gasteiger partial charge in [0.15, 0.2) is 0 Å². The van der Waals surface area contributed by atoms with E-state index in [1.165, 1.54) is 0 Å². The van der Waals surface area contributed by atoms with E-state index in [9.17, 15) is 9.59 Å². The van der Waals surface area contributed by atoms with Crippen LogP contribution in [-0.4, -0.2) is 48.6 Å². The number of hydrogen-bond donors (Lipinski definition) is 2. The summed E-state index contributed by atoms with van der Waals surface area (Å²) >= 11 is 0. The van der Waals surface area contributed by atoms with Gasteiger partial charge < -0.3 is 20.3 Å². The van der Waals surface area contributed by atoms with E-state index in [0.717, 1.165) is 30.6 Å². The summed E-state index contributed by atoms with van der Waals surface area (Å²) in [5.41, 5.74) is 2.74. The maximum Gasteiger partial charge on any atom is 0.319 e. The molecule has 2 N–H and O–H groups in total. The van der Waals surface area contributed by atoms with Gasteiger partial charge in [-0.3, -0.25) is 9.78 Å². The van der Waals surface area contributed by atoms with Gasteiger partial charge in [0.1, 0.15) is 0 Å². The number of likely N-dealkylation sites (tertiary alicyclic amines) is 1. The number of pyridine rings is 1. The monoisotopic (exact) mass is 318 g/mol. The van der Waals surface area contributed by atoms with Gasteiger partial charge in [0.05, 0.1) is 25.1 Å². The van der Waals surface area contributed by atoms with Gasteiger partial charge in [-0.1, -0.05) is 0 Å². The summed E-state index contributed by atoms with van der Waals surface area (Å²) in [5, 5.41) is 5.62. The van der Waals surface area contributed by atoms with Gasteiger partial charge >= 0.3 is 6.03 Å². The minimum atomic E-state index is -0.249. The molecule has 1 unspecified atom stereocenters. The molecule has 23 heavy (non-hydrogen) atoms. The minimum absolute atomic E-state index is 0.182. The predicted molar refractivity (Wildman–Crippen MR) is 85.0 cm³/mol. The van der Waals surface area contributed by atoms with E-state index in [2.05, 4.69) is 15.6 Å². The molecule has 0 bridgehead atoms. The highest BCUT2D eigenvalue weighted by atomic mass is 16.5. The van der Waals surface area contributed by atoms with Crippen LogP contribution in [0.5, 0.6) is 0 Å². The number of anilines is 1. The molecule has 1 atom stereocenters. The molecule has 1 saturated heterocycles. The van der Waals surface area contributed by atoms with Gasteiger partial charge in [0, 0.05) is 44.2 Å². The molecular formula is C16H22N4O3. The van der Waals surface area contributed by atoms with Crippen molar-refractivity contribution in [3.05, 3.63) is 23.5 Å². The molecule has 2 aliphatic heterocycles. The maximum atomic E-state index is 11.9. The van der Waals surface area contributed by atoms with E-state index < -0.39 is 0 Å². The number of ether oxygens (including phenoxy) is 1. The number of aromatic nitrogens is 1. The Bertz CT molecular complexity index is 605. The molecule has 1 aromatic heterocycles. The molecular weight excluding hydrogens is 296 g/mol. The Balaban J connectivity index is 1.43. The quantitative estimate of drug-likeness (QED) is 0.872. The van der Waals surface area contributed by atoms with Crippen molar-refractivity contribution in [1.82, 2.24) is 15.2 Å². The molecule has 3 rings (SSSR count). The van der Waals surface area contributed by atoms with Crippen LogP contribution in [0, 0.1) is 5.92 Å². The molecule has 7 heteroatoms. The van der Waals surface area contributed by atoms with Gasteiger partial charge in [0.2, 0.25) is 5.91 Å². The highest BCUT2D eigenvalue weighted by Gasteiger charge is 2.26. The Morgan fingerprint density at radius 2 is 2.39 bits per heavy atom. The smallest absolute Gasteiger partial charge is 0.319 e. The molecule has 7 nitrogen and oxygen atoms in total. The molecule has 1 aromatic rings. The number of nitrogens with zero attached hydrogens (tertiary/aromatic N) is 2. The van der Waals surface area contributed by atoms with Crippen LogP contribution in [-0.2, 0) is 22.6 Å². The third kappa shape index (κ3) is 3.98. The molecule has 0 saturated carbocycles. The fraction of sp³-hybridized carbons (Fsp3) is 0.562. The third-order valence-electron chi connectivity index (χ3n) is 4.32. The first kappa shape index (κ1) is 15.7. The number of nitrogens with one attached hydrogen (secondary N) is 2. The molecule has 0 aromatic carbocycles. The molecule has 0 spiro atoms. The highest BCUT2D eigenvalue weighted by Crippen LogP contribution is 2.19. The fourth-order valence-corrected chi connectivity index (χ4v) is 3.02. The zero-order valence-electron chi connectivity index (χ0n) is 13.3. The van der Waals surface area contributed by atoms with E-state index in [0.29, 0.717) is 37.8 Å². The molecule has 1 fully saturated rings. The number of fused-ring (bicyclic) bond motifs is 1. The first-order valence-electron chi connectivity index (χ1n) is 7.96. The van der Waals surface area contributed by atoms with Crippen molar-refractivity contribution in [2.75, 3.05) is 32.1 Å². The van der Waals surface area contributed by atoms with Crippen LogP contribution in [0.3, 0.4) is 0 Å². The number of carbonyl (C=O) groups excluding carboxylic acids is 2. The van der Waals surface area contributed by atoms with Crippen LogP contribution in [0.1, 0.15) is 24.1 Å². The summed E-state index contributed by atoms with van der Waals surface area (Å²) in [6, 6.07) is 1.66. The van der Waals surface area contributed by atoms with Gasteiger partial charge in [-0.15, -0.1) is 0 Å². The topological polar surface area (TPSA) is 83.6 Å². The molecule has 0 aliphatic carbocycles. The van der Waals surface area contributed by atoms with E-state index >= 15 is 0 Å². The highest BCUT2D eigenvalue weighted by molar-refractivity contribution is 5.89. The van der Waals surface area contributed by atoms with Gasteiger partial charge in [-0.05, 0) is 18.4 Å². The maximum absolute atomic E-state index is 11.9. The first-order valence-corrected chi connectivity index (χ1v) is 7.96. The van der Waals surface area contributed by atoms with Gasteiger partial charge in [-0.2, -0.15) is 0 Å². The third-order valence-corrected chi connectivity index (χ3v) is 4.32. The number of rotatable bonds is 4. The average Bonchev–Trinajstić information content (AvgIpc) is 2.85. The largest absolute Gasteiger partial charge is 0.376 e. The Kier molecular flexibility index (Phi) is 4.76. The Hall–Kier alpha value is -2.15. The fourth-order valence-electron chi connectivity index (χ4n) is 3.02. The zero-order valence-corrected chi connectivity index (χ0v) is 13.3. The van der Waals surface area contributed by atoms with Crippen LogP contribution in [0.2, 0.25) is 0 Å². The summed E-state index contributed by atoms with van der Waals surface area (Å²) in [7, 11) is 1.81. The van der Waals surface area contributed by atoms with Crippen LogP contribution >= 0.6 is 0 Å². The lowest BCUT2D eigenvalue weighted by Crippen LogP contribution is -2.31. The van der Waals surface area contributed by atoms with E-state index in [1.54, 1.807) is 11.1 Å². The second-order valence-corrected chi connectivity index (χ2v) is 6.15. The molecule has 0 radical (unpaired) electrons. The standard InChI is InChI=1S/C16H22N4O3/c1-20-9-11(6-15(20)21)2-4-17-16(22)19-13-7-12-10-23-5-3-14(12)18-8-13/h7-8,11H,2-6,9-10H2,1H3,(H2,17,19,22). The van der Waals surface area contributed by atoms with Gasteiger partial charge in [-0.25, -0.2) is 4.79 Å². The normalized spacial score (nSPS) is 20.3. The van der Waals surface area contributed by atoms with E-state index in [1.807, 2.05) is 13.1 Å². The van der Waals surface area contributed by atoms with Crippen molar-refractivity contribution in [1.29, 1.82) is 0 Å². The number of carbonyl (C=O) groups is 2. The lowest BCUT2D eigenvalue weighted by Gasteiger charge is -2.16. The lowest BCUT2D eigenvalue weighted by molar-refractivity contribution is -0.126. The van der Waals surface area contributed by atoms with E-state index in [-0.39, 0.29) is 11.9 Å². The molecule has 124 valence electrons. The number of hydrogen-bond acceptors (Lipinski definition) is 4. The summed E-state index contributed by atoms with van der Waals surface area (Å²) in [5.74, 6) is 0.511. The van der Waals surface area contributed by atoms with Crippen molar-refractivity contribution in [3.63, 3.8) is 0 Å². The number of urea groups is 1. The van der Waals surface area contributed by atoms with Crippen LogP contribution in [0.25, 0.3) is 0 Å².